The van der Waals surface area contributed by atoms with Crippen molar-refractivity contribution in [3.05, 3.63) is 59.7 Å². The summed E-state index contributed by atoms with van der Waals surface area (Å²) in [7, 11) is 1.58. The second-order valence-electron chi connectivity index (χ2n) is 6.71. The van der Waals surface area contributed by atoms with Gasteiger partial charge in [-0.3, -0.25) is 9.59 Å². The van der Waals surface area contributed by atoms with Crippen LogP contribution >= 0.6 is 0 Å². The Labute approximate surface area is 180 Å². The van der Waals surface area contributed by atoms with Crippen molar-refractivity contribution in [2.45, 2.75) is 0 Å². The molecule has 31 heavy (non-hydrogen) atoms. The molecule has 0 spiro atoms. The SMILES string of the molecule is COc1ccc(NC(=O)COc2ccc(/C=C(\C#N)C(=O)N3CCOCC3)cc2)cc1. The van der Waals surface area contributed by atoms with Gasteiger partial charge in [0.25, 0.3) is 11.8 Å². The van der Waals surface area contributed by atoms with Crippen LogP contribution in [0.2, 0.25) is 0 Å². The van der Waals surface area contributed by atoms with Crippen molar-refractivity contribution in [3.8, 4) is 17.6 Å². The maximum Gasteiger partial charge on any atom is 0.264 e. The Kier molecular flexibility index (Phi) is 7.62. The second kappa shape index (κ2) is 10.8. The highest BCUT2D eigenvalue weighted by Gasteiger charge is 2.20. The Morgan fingerprint density at radius 3 is 2.35 bits per heavy atom. The third-order valence-corrected chi connectivity index (χ3v) is 4.58. The van der Waals surface area contributed by atoms with Crippen molar-refractivity contribution < 1.29 is 23.8 Å². The first-order valence-corrected chi connectivity index (χ1v) is 9.74. The van der Waals surface area contributed by atoms with Gasteiger partial charge >= 0.3 is 0 Å². The normalized spacial score (nSPS) is 13.8. The highest BCUT2D eigenvalue weighted by atomic mass is 16.5. The summed E-state index contributed by atoms with van der Waals surface area (Å²) in [6, 6.07) is 15.8. The van der Waals surface area contributed by atoms with E-state index < -0.39 is 0 Å². The fraction of sp³-hybridized carbons (Fsp3) is 0.261. The average Bonchev–Trinajstić information content (AvgIpc) is 2.82. The van der Waals surface area contributed by atoms with Crippen LogP contribution in [0.3, 0.4) is 0 Å². The van der Waals surface area contributed by atoms with Crippen molar-refractivity contribution in [1.82, 2.24) is 4.90 Å². The minimum absolute atomic E-state index is 0.0643. The fourth-order valence-corrected chi connectivity index (χ4v) is 2.93. The van der Waals surface area contributed by atoms with Gasteiger partial charge in [-0.2, -0.15) is 5.26 Å². The summed E-state index contributed by atoms with van der Waals surface area (Å²) in [6.45, 7) is 1.75. The van der Waals surface area contributed by atoms with Crippen LogP contribution in [0.5, 0.6) is 11.5 Å². The summed E-state index contributed by atoms with van der Waals surface area (Å²) in [5, 5.41) is 12.1. The Morgan fingerprint density at radius 2 is 1.74 bits per heavy atom. The molecule has 0 radical (unpaired) electrons. The van der Waals surface area contributed by atoms with E-state index in [0.717, 1.165) is 0 Å². The fourth-order valence-electron chi connectivity index (χ4n) is 2.93. The Bertz CT molecular complexity index is 972. The zero-order valence-electron chi connectivity index (χ0n) is 17.2. The quantitative estimate of drug-likeness (QED) is 0.545. The lowest BCUT2D eigenvalue weighted by Gasteiger charge is -2.26. The Hall–Kier alpha value is -3.83. The van der Waals surface area contributed by atoms with E-state index in [0.29, 0.717) is 49.1 Å². The number of amides is 2. The van der Waals surface area contributed by atoms with Crippen molar-refractivity contribution in [2.24, 2.45) is 0 Å². The highest BCUT2D eigenvalue weighted by molar-refractivity contribution is 6.01. The van der Waals surface area contributed by atoms with E-state index in [1.165, 1.54) is 6.08 Å². The number of carbonyl (C=O) groups excluding carboxylic acids is 2. The Balaban J connectivity index is 1.54. The van der Waals surface area contributed by atoms with Crippen LogP contribution in [0.25, 0.3) is 6.08 Å². The number of carbonyl (C=O) groups is 2. The van der Waals surface area contributed by atoms with Gasteiger partial charge < -0.3 is 24.4 Å². The van der Waals surface area contributed by atoms with E-state index in [9.17, 15) is 14.9 Å². The van der Waals surface area contributed by atoms with Gasteiger partial charge in [0.2, 0.25) is 0 Å². The number of hydrogen-bond donors (Lipinski definition) is 1. The molecule has 0 atom stereocenters. The molecule has 8 heteroatoms. The number of morpholine rings is 1. The van der Waals surface area contributed by atoms with E-state index in [4.69, 9.17) is 14.2 Å². The lowest BCUT2D eigenvalue weighted by atomic mass is 10.1. The topological polar surface area (TPSA) is 101 Å². The molecule has 0 saturated carbocycles. The molecule has 1 heterocycles. The van der Waals surface area contributed by atoms with Crippen molar-refractivity contribution in [2.75, 3.05) is 45.3 Å². The minimum atomic E-state index is -0.304. The first-order valence-electron chi connectivity index (χ1n) is 9.74. The predicted octanol–water partition coefficient (Wildman–Crippen LogP) is 2.48. The molecule has 2 amide bonds. The lowest BCUT2D eigenvalue weighted by molar-refractivity contribution is -0.130. The summed E-state index contributed by atoms with van der Waals surface area (Å²) in [4.78, 5) is 26.1. The van der Waals surface area contributed by atoms with Crippen LogP contribution in [-0.2, 0) is 14.3 Å². The number of hydrogen-bond acceptors (Lipinski definition) is 6. The van der Waals surface area contributed by atoms with Gasteiger partial charge in [-0.15, -0.1) is 0 Å². The molecular weight excluding hydrogens is 398 g/mol. The van der Waals surface area contributed by atoms with Gasteiger partial charge in [0.05, 0.1) is 20.3 Å². The molecule has 2 aromatic carbocycles. The van der Waals surface area contributed by atoms with Crippen LogP contribution in [0, 0.1) is 11.3 Å². The number of nitriles is 1. The average molecular weight is 421 g/mol. The largest absolute Gasteiger partial charge is 0.497 e. The van der Waals surface area contributed by atoms with Gasteiger partial charge in [0, 0.05) is 18.8 Å². The van der Waals surface area contributed by atoms with Crippen LogP contribution in [-0.4, -0.2) is 56.7 Å². The number of nitrogens with one attached hydrogen (secondary N) is 1. The molecule has 3 rings (SSSR count). The molecule has 0 aliphatic carbocycles. The third-order valence-electron chi connectivity index (χ3n) is 4.58. The van der Waals surface area contributed by atoms with E-state index in [-0.39, 0.29) is 24.0 Å². The van der Waals surface area contributed by atoms with Gasteiger partial charge in [-0.25, -0.2) is 0 Å². The maximum atomic E-state index is 12.5. The first kappa shape index (κ1) is 21.9. The van der Waals surface area contributed by atoms with Crippen LogP contribution in [0.15, 0.2) is 54.1 Å². The van der Waals surface area contributed by atoms with Crippen LogP contribution < -0.4 is 14.8 Å². The zero-order chi connectivity index (χ0) is 22.1. The van der Waals surface area contributed by atoms with Crippen molar-refractivity contribution in [1.29, 1.82) is 5.26 Å². The smallest absolute Gasteiger partial charge is 0.264 e. The summed E-state index contributed by atoms with van der Waals surface area (Å²) < 4.78 is 15.8. The number of benzene rings is 2. The summed E-state index contributed by atoms with van der Waals surface area (Å²) in [5.41, 5.74) is 1.39. The summed E-state index contributed by atoms with van der Waals surface area (Å²) in [5.74, 6) is 0.605. The molecule has 0 aromatic heterocycles. The molecule has 0 bridgehead atoms. The number of anilines is 1. The van der Waals surface area contributed by atoms with E-state index >= 15 is 0 Å². The van der Waals surface area contributed by atoms with E-state index in [1.807, 2.05) is 6.07 Å². The predicted molar refractivity (Wildman–Crippen MR) is 115 cm³/mol. The van der Waals surface area contributed by atoms with Gasteiger partial charge in [0.1, 0.15) is 23.1 Å². The number of nitrogens with zero attached hydrogens (tertiary/aromatic N) is 2. The number of methoxy groups -OCH3 is 1. The molecule has 1 saturated heterocycles. The maximum absolute atomic E-state index is 12.5. The summed E-state index contributed by atoms with van der Waals surface area (Å²) >= 11 is 0. The molecular formula is C23H23N3O5. The molecule has 0 unspecified atom stereocenters. The van der Waals surface area contributed by atoms with Gasteiger partial charge in [-0.1, -0.05) is 12.1 Å². The van der Waals surface area contributed by atoms with Gasteiger partial charge in [-0.05, 0) is 48.0 Å². The molecule has 1 fully saturated rings. The Morgan fingerprint density at radius 1 is 1.10 bits per heavy atom. The standard InChI is InChI=1S/C23H23N3O5/c1-29-20-8-4-19(5-9-20)25-22(27)16-31-21-6-2-17(3-7-21)14-18(15-24)23(28)26-10-12-30-13-11-26/h2-9,14H,10-13,16H2,1H3,(H,25,27)/b18-14+. The van der Waals surface area contributed by atoms with E-state index in [1.54, 1.807) is 60.5 Å². The second-order valence-corrected chi connectivity index (χ2v) is 6.71. The molecule has 8 nitrogen and oxygen atoms in total. The molecule has 1 aliphatic heterocycles. The van der Waals surface area contributed by atoms with Crippen LogP contribution in [0.4, 0.5) is 5.69 Å². The molecule has 1 N–H and O–H groups in total. The molecule has 1 aliphatic rings. The summed E-state index contributed by atoms with van der Waals surface area (Å²) in [6.07, 6.45) is 1.54. The van der Waals surface area contributed by atoms with Gasteiger partial charge in [0.15, 0.2) is 6.61 Å². The monoisotopic (exact) mass is 421 g/mol. The molecule has 160 valence electrons. The number of rotatable bonds is 7. The molecule has 2 aromatic rings. The van der Waals surface area contributed by atoms with Crippen molar-refractivity contribution in [3.63, 3.8) is 0 Å². The minimum Gasteiger partial charge on any atom is -0.497 e. The zero-order valence-corrected chi connectivity index (χ0v) is 17.2. The third kappa shape index (κ3) is 6.32. The van der Waals surface area contributed by atoms with Crippen molar-refractivity contribution >= 4 is 23.6 Å². The van der Waals surface area contributed by atoms with E-state index in [2.05, 4.69) is 5.32 Å². The van der Waals surface area contributed by atoms with Crippen LogP contribution in [0.1, 0.15) is 5.56 Å². The first-order chi connectivity index (χ1) is 15.1. The highest BCUT2D eigenvalue weighted by Crippen LogP contribution is 2.17. The lowest BCUT2D eigenvalue weighted by Crippen LogP contribution is -2.41. The number of ether oxygens (including phenoxy) is 3.